The predicted octanol–water partition coefficient (Wildman–Crippen LogP) is 2.52. The third-order valence-electron chi connectivity index (χ3n) is 3.53. The number of rotatable bonds is 2. The van der Waals surface area contributed by atoms with E-state index < -0.39 is 0 Å². The summed E-state index contributed by atoms with van der Waals surface area (Å²) < 4.78 is 0. The Labute approximate surface area is 108 Å². The van der Waals surface area contributed by atoms with Crippen LogP contribution in [-0.2, 0) is 6.42 Å². The van der Waals surface area contributed by atoms with E-state index in [0.29, 0.717) is 5.92 Å². The van der Waals surface area contributed by atoms with Gasteiger partial charge in [-0.25, -0.2) is 0 Å². The highest BCUT2D eigenvalue weighted by molar-refractivity contribution is 5.59. The maximum Gasteiger partial charge on any atom is 0.0893 e. The van der Waals surface area contributed by atoms with Gasteiger partial charge in [0.25, 0.3) is 0 Å². The first kappa shape index (κ1) is 11.3. The molecule has 1 aromatic rings. The van der Waals surface area contributed by atoms with Crippen LogP contribution in [0.3, 0.4) is 0 Å². The molecule has 18 heavy (non-hydrogen) atoms. The standard InChI is InChI=1S/C15H19N3/c1-12-7-16-11-18(9-12)10-13-6-14-4-2-3-5-15(14)17-8-13/h2-5,9,11,13,17H,6-8,10H2,1H3. The number of aliphatic imine (C=N–C) groups is 1. The lowest BCUT2D eigenvalue weighted by atomic mass is 9.93. The van der Waals surface area contributed by atoms with E-state index in [1.54, 1.807) is 0 Å². The number of para-hydroxylation sites is 1. The quantitative estimate of drug-likeness (QED) is 0.861. The van der Waals surface area contributed by atoms with Gasteiger partial charge in [-0.2, -0.15) is 0 Å². The van der Waals surface area contributed by atoms with Crippen molar-refractivity contribution in [1.82, 2.24) is 4.90 Å². The third-order valence-corrected chi connectivity index (χ3v) is 3.53. The van der Waals surface area contributed by atoms with Crippen LogP contribution in [0.1, 0.15) is 12.5 Å². The number of hydrogen-bond acceptors (Lipinski definition) is 3. The average Bonchev–Trinajstić information content (AvgIpc) is 2.39. The van der Waals surface area contributed by atoms with Crippen LogP contribution < -0.4 is 5.32 Å². The van der Waals surface area contributed by atoms with Crippen LogP contribution in [0.5, 0.6) is 0 Å². The van der Waals surface area contributed by atoms with E-state index in [0.717, 1.165) is 26.1 Å². The first-order valence-electron chi connectivity index (χ1n) is 6.56. The number of benzene rings is 1. The zero-order valence-electron chi connectivity index (χ0n) is 10.8. The van der Waals surface area contributed by atoms with Crippen molar-refractivity contribution < 1.29 is 0 Å². The topological polar surface area (TPSA) is 27.6 Å². The van der Waals surface area contributed by atoms with Gasteiger partial charge in [0.15, 0.2) is 0 Å². The van der Waals surface area contributed by atoms with Gasteiger partial charge < -0.3 is 10.2 Å². The second kappa shape index (κ2) is 4.84. The van der Waals surface area contributed by atoms with Gasteiger partial charge in [-0.1, -0.05) is 18.2 Å². The molecule has 0 bridgehead atoms. The van der Waals surface area contributed by atoms with Gasteiger partial charge in [-0.3, -0.25) is 4.99 Å². The Kier molecular flexibility index (Phi) is 3.05. The van der Waals surface area contributed by atoms with Crippen molar-refractivity contribution >= 4 is 12.0 Å². The molecule has 94 valence electrons. The van der Waals surface area contributed by atoms with Crippen LogP contribution in [0.2, 0.25) is 0 Å². The summed E-state index contributed by atoms with van der Waals surface area (Å²) in [5.41, 5.74) is 4.07. The van der Waals surface area contributed by atoms with Gasteiger partial charge in [-0.15, -0.1) is 0 Å². The second-order valence-electron chi connectivity index (χ2n) is 5.24. The van der Waals surface area contributed by atoms with Gasteiger partial charge >= 0.3 is 0 Å². The summed E-state index contributed by atoms with van der Waals surface area (Å²) in [4.78, 5) is 6.58. The van der Waals surface area contributed by atoms with Gasteiger partial charge in [0.2, 0.25) is 0 Å². The molecule has 0 aromatic heterocycles. The summed E-state index contributed by atoms with van der Waals surface area (Å²) in [5.74, 6) is 0.647. The van der Waals surface area contributed by atoms with Crippen molar-refractivity contribution in [3.8, 4) is 0 Å². The Hall–Kier alpha value is -1.77. The molecular formula is C15H19N3. The molecule has 3 heteroatoms. The molecule has 1 N–H and O–H groups in total. The average molecular weight is 241 g/mol. The molecule has 0 radical (unpaired) electrons. The Morgan fingerprint density at radius 2 is 2.28 bits per heavy atom. The molecule has 2 heterocycles. The zero-order chi connectivity index (χ0) is 12.4. The molecule has 0 aliphatic carbocycles. The molecule has 2 aliphatic rings. The van der Waals surface area contributed by atoms with E-state index in [9.17, 15) is 0 Å². The van der Waals surface area contributed by atoms with E-state index >= 15 is 0 Å². The fraction of sp³-hybridized carbons (Fsp3) is 0.400. The summed E-state index contributed by atoms with van der Waals surface area (Å²) in [6.07, 6.45) is 5.33. The van der Waals surface area contributed by atoms with Crippen LogP contribution in [0.25, 0.3) is 0 Å². The summed E-state index contributed by atoms with van der Waals surface area (Å²) >= 11 is 0. The second-order valence-corrected chi connectivity index (χ2v) is 5.24. The molecule has 0 amide bonds. The summed E-state index contributed by atoms with van der Waals surface area (Å²) in [5, 5.41) is 3.52. The third kappa shape index (κ3) is 2.40. The smallest absolute Gasteiger partial charge is 0.0893 e. The molecule has 0 saturated heterocycles. The maximum atomic E-state index is 4.36. The maximum absolute atomic E-state index is 4.36. The van der Waals surface area contributed by atoms with Gasteiger partial charge in [0, 0.05) is 25.0 Å². The Morgan fingerprint density at radius 3 is 3.17 bits per heavy atom. The fourth-order valence-corrected chi connectivity index (χ4v) is 2.68. The molecule has 2 aliphatic heterocycles. The number of hydrogen-bond donors (Lipinski definition) is 1. The SMILES string of the molecule is CC1=CN(CC2CNc3ccccc3C2)C=NC1. The van der Waals surface area contributed by atoms with Crippen molar-refractivity contribution in [2.45, 2.75) is 13.3 Å². The number of nitrogens with zero attached hydrogens (tertiary/aromatic N) is 2. The highest BCUT2D eigenvalue weighted by Gasteiger charge is 2.19. The zero-order valence-corrected chi connectivity index (χ0v) is 10.8. The normalized spacial score (nSPS) is 22.2. The van der Waals surface area contributed by atoms with E-state index in [1.165, 1.54) is 16.8 Å². The van der Waals surface area contributed by atoms with E-state index in [-0.39, 0.29) is 0 Å². The van der Waals surface area contributed by atoms with Crippen molar-refractivity contribution in [2.24, 2.45) is 10.9 Å². The van der Waals surface area contributed by atoms with Crippen LogP contribution in [0.15, 0.2) is 41.0 Å². The van der Waals surface area contributed by atoms with E-state index in [1.807, 2.05) is 6.34 Å². The van der Waals surface area contributed by atoms with Crippen LogP contribution in [0.4, 0.5) is 5.69 Å². The van der Waals surface area contributed by atoms with E-state index in [2.05, 4.69) is 52.6 Å². The van der Waals surface area contributed by atoms with Crippen molar-refractivity contribution in [3.05, 3.63) is 41.6 Å². The fourth-order valence-electron chi connectivity index (χ4n) is 2.68. The highest BCUT2D eigenvalue weighted by atomic mass is 15.2. The molecule has 0 spiro atoms. The minimum atomic E-state index is 0.647. The van der Waals surface area contributed by atoms with Crippen LogP contribution in [-0.4, -0.2) is 30.9 Å². The lowest BCUT2D eigenvalue weighted by molar-refractivity contribution is 0.414. The van der Waals surface area contributed by atoms with Crippen molar-refractivity contribution in [1.29, 1.82) is 0 Å². The first-order valence-corrected chi connectivity index (χ1v) is 6.56. The summed E-state index contributed by atoms with van der Waals surface area (Å²) in [6, 6.07) is 8.60. The molecule has 0 saturated carbocycles. The van der Waals surface area contributed by atoms with Crippen molar-refractivity contribution in [3.63, 3.8) is 0 Å². The van der Waals surface area contributed by atoms with Gasteiger partial charge in [0.1, 0.15) is 0 Å². The monoisotopic (exact) mass is 241 g/mol. The predicted molar refractivity (Wildman–Crippen MR) is 75.9 cm³/mol. The summed E-state index contributed by atoms with van der Waals surface area (Å²) in [6.45, 7) is 5.08. The van der Waals surface area contributed by atoms with Crippen molar-refractivity contribution in [2.75, 3.05) is 25.0 Å². The molecule has 1 atom stereocenters. The minimum Gasteiger partial charge on any atom is -0.384 e. The molecular weight excluding hydrogens is 222 g/mol. The lowest BCUT2D eigenvalue weighted by Gasteiger charge is -2.30. The lowest BCUT2D eigenvalue weighted by Crippen LogP contribution is -2.33. The minimum absolute atomic E-state index is 0.647. The molecule has 3 nitrogen and oxygen atoms in total. The Bertz CT molecular complexity index is 490. The van der Waals surface area contributed by atoms with Crippen LogP contribution >= 0.6 is 0 Å². The highest BCUT2D eigenvalue weighted by Crippen LogP contribution is 2.24. The Morgan fingerprint density at radius 1 is 1.39 bits per heavy atom. The number of anilines is 1. The Balaban J connectivity index is 1.66. The number of nitrogens with one attached hydrogen (secondary N) is 1. The van der Waals surface area contributed by atoms with E-state index in [4.69, 9.17) is 0 Å². The van der Waals surface area contributed by atoms with Crippen LogP contribution in [0, 0.1) is 5.92 Å². The molecule has 1 aromatic carbocycles. The summed E-state index contributed by atoms with van der Waals surface area (Å²) in [7, 11) is 0. The first-order chi connectivity index (χ1) is 8.81. The molecule has 0 fully saturated rings. The van der Waals surface area contributed by atoms with Gasteiger partial charge in [-0.05, 0) is 36.5 Å². The molecule has 3 rings (SSSR count). The largest absolute Gasteiger partial charge is 0.384 e. The number of fused-ring (bicyclic) bond motifs is 1. The molecule has 1 unspecified atom stereocenters. The van der Waals surface area contributed by atoms with Gasteiger partial charge in [0.05, 0.1) is 12.9 Å².